The highest BCUT2D eigenvalue weighted by molar-refractivity contribution is 5.81. The number of carbonyl (C=O) groups excluding carboxylic acids is 1. The van der Waals surface area contributed by atoms with Gasteiger partial charge in [0.15, 0.2) is 5.78 Å². The van der Waals surface area contributed by atoms with Crippen LogP contribution in [0.3, 0.4) is 0 Å². The van der Waals surface area contributed by atoms with Crippen molar-refractivity contribution in [3.05, 3.63) is 228 Å². The third-order valence-electron chi connectivity index (χ3n) is 12.7. The van der Waals surface area contributed by atoms with Gasteiger partial charge in [-0.1, -0.05) is 189 Å². The van der Waals surface area contributed by atoms with Crippen LogP contribution in [0.4, 0.5) is 0 Å². The summed E-state index contributed by atoms with van der Waals surface area (Å²) >= 11 is 0. The number of likely N-dealkylation sites (N-methyl/N-ethyl adjacent to an activating group) is 2. The van der Waals surface area contributed by atoms with E-state index < -0.39 is 24.4 Å². The highest BCUT2D eigenvalue weighted by atomic mass is 16.6. The largest absolute Gasteiger partial charge is 0.368 e. The third kappa shape index (κ3) is 16.2. The molecule has 11 heteroatoms. The van der Waals surface area contributed by atoms with Crippen molar-refractivity contribution in [1.82, 2.24) is 10.6 Å². The molecule has 2 heterocycles. The quantitative estimate of drug-likeness (QED) is 0.0566. The highest BCUT2D eigenvalue weighted by Gasteiger charge is 2.50. The van der Waals surface area contributed by atoms with Gasteiger partial charge < -0.3 is 48.5 Å². The van der Waals surface area contributed by atoms with E-state index in [1.165, 1.54) is 0 Å². The average Bonchev–Trinajstić information content (AvgIpc) is 3.42. The molecule has 6 aromatic carbocycles. The predicted molar refractivity (Wildman–Crippen MR) is 281 cm³/mol. The van der Waals surface area contributed by atoms with Gasteiger partial charge >= 0.3 is 0 Å². The second-order valence-electron chi connectivity index (χ2n) is 18.3. The summed E-state index contributed by atoms with van der Waals surface area (Å²) in [4.78, 5) is 12.8. The second-order valence-corrected chi connectivity index (χ2v) is 18.3. The number of hydrogen-bond donors (Lipinski definition) is 2. The standard InChI is InChI=1S/C31H37NO4.C30H35NO5/c1-23(2)28-30(34-21-25-15-9-5-10-16-25)31(35-22-26-17-11-6-12-18-26)29(27(36-28)19-32-3)33-20-24-13-7-4-8-14-24;1-22(32)27-29(34-20-24-14-8-4-9-15-24)30(35-21-25-16-10-5-11-17-25)28(26(36-27)18-31-2)33-19-23-12-6-3-7-13-23/h4-18,27-32H,1,19-22H2,2-3H3;3-17,26-31H,18-21H2,1-2H3/t27-,28+,29-,30+,31+;26-,27-,28+,29-,30-/m01/s1. The first-order valence-corrected chi connectivity index (χ1v) is 25.0. The maximum atomic E-state index is 12.8. The molecule has 0 aliphatic carbocycles. The maximum Gasteiger partial charge on any atom is 0.161 e. The Bertz CT molecular complexity index is 2260. The van der Waals surface area contributed by atoms with E-state index in [9.17, 15) is 4.79 Å². The van der Waals surface area contributed by atoms with Gasteiger partial charge in [0.05, 0.1) is 51.8 Å². The van der Waals surface area contributed by atoms with Crippen molar-refractivity contribution in [2.24, 2.45) is 0 Å². The number of ketones is 1. The predicted octanol–water partition coefficient (Wildman–Crippen LogP) is 9.62. The number of hydrogen-bond acceptors (Lipinski definition) is 11. The zero-order valence-electron chi connectivity index (χ0n) is 42.1. The summed E-state index contributed by atoms with van der Waals surface area (Å²) in [5.74, 6) is -0.0935. The number of nitrogens with one attached hydrogen (secondary N) is 2. The molecule has 380 valence electrons. The van der Waals surface area contributed by atoms with Crippen LogP contribution in [0, 0.1) is 0 Å². The van der Waals surface area contributed by atoms with E-state index in [-0.39, 0.29) is 42.4 Å². The van der Waals surface area contributed by atoms with Gasteiger partial charge in [0.1, 0.15) is 48.8 Å². The van der Waals surface area contributed by atoms with E-state index in [4.69, 9.17) is 37.9 Å². The van der Waals surface area contributed by atoms with Gasteiger partial charge in [-0.25, -0.2) is 0 Å². The van der Waals surface area contributed by atoms with Crippen molar-refractivity contribution >= 4 is 5.78 Å². The lowest BCUT2D eigenvalue weighted by Crippen LogP contribution is -2.63. The van der Waals surface area contributed by atoms with Crippen LogP contribution < -0.4 is 10.6 Å². The zero-order chi connectivity index (χ0) is 50.3. The number of benzene rings is 6. The van der Waals surface area contributed by atoms with Gasteiger partial charge in [-0.2, -0.15) is 0 Å². The minimum atomic E-state index is -0.760. The second kappa shape index (κ2) is 29.1. The molecule has 0 bridgehead atoms. The molecule has 0 amide bonds. The van der Waals surface area contributed by atoms with E-state index in [0.717, 1.165) is 39.0 Å². The Morgan fingerprint density at radius 1 is 0.389 bits per heavy atom. The number of Topliss-reactive ketones (excluding diaryl/α,β-unsaturated/α-hetero) is 1. The van der Waals surface area contributed by atoms with Gasteiger partial charge in [0.25, 0.3) is 0 Å². The summed E-state index contributed by atoms with van der Waals surface area (Å²) in [7, 11) is 3.78. The average molecular weight is 977 g/mol. The van der Waals surface area contributed by atoms with Crippen LogP contribution in [0.15, 0.2) is 194 Å². The van der Waals surface area contributed by atoms with E-state index in [0.29, 0.717) is 52.7 Å². The SMILES string of the molecule is C=C(C)[C@H]1O[C@@H](CNC)[C@H](OCc2ccccc2)[C@@H](OCc2ccccc2)[C@@H]1OCc1ccccc1.CNC[C@H]1O[C@H](C(C)=O)[C@@H](OCc2ccccc2)[C@H](OCc2ccccc2)[C@H]1OCc1ccccc1. The lowest BCUT2D eigenvalue weighted by molar-refractivity contribution is -0.258. The Morgan fingerprint density at radius 2 is 0.625 bits per heavy atom. The fraction of sp³-hybridized carbons (Fsp3) is 0.361. The maximum absolute atomic E-state index is 12.8. The number of rotatable bonds is 24. The lowest BCUT2D eigenvalue weighted by atomic mass is 9.91. The molecule has 11 nitrogen and oxygen atoms in total. The Morgan fingerprint density at radius 3 is 0.875 bits per heavy atom. The summed E-state index contributed by atoms with van der Waals surface area (Å²) in [6, 6.07) is 60.4. The zero-order valence-corrected chi connectivity index (χ0v) is 42.1. The molecule has 0 spiro atoms. The monoisotopic (exact) mass is 977 g/mol. The fourth-order valence-corrected chi connectivity index (χ4v) is 9.03. The van der Waals surface area contributed by atoms with Crippen molar-refractivity contribution < 1.29 is 42.7 Å². The van der Waals surface area contributed by atoms with E-state index in [2.05, 4.69) is 53.6 Å². The van der Waals surface area contributed by atoms with E-state index in [1.807, 2.05) is 167 Å². The summed E-state index contributed by atoms with van der Waals surface area (Å²) in [6.45, 7) is 11.4. The van der Waals surface area contributed by atoms with Crippen LogP contribution in [-0.4, -0.2) is 94.0 Å². The van der Waals surface area contributed by atoms with Crippen molar-refractivity contribution in [3.8, 4) is 0 Å². The molecule has 2 aliphatic heterocycles. The molecular weight excluding hydrogens is 905 g/mol. The normalized spacial score (nSPS) is 23.9. The molecule has 2 aliphatic rings. The van der Waals surface area contributed by atoms with Crippen LogP contribution in [0.1, 0.15) is 47.2 Å². The number of carbonyl (C=O) groups is 1. The minimum Gasteiger partial charge on any atom is -0.368 e. The Hall–Kier alpha value is -5.67. The van der Waals surface area contributed by atoms with Crippen molar-refractivity contribution in [1.29, 1.82) is 0 Å². The molecule has 0 unspecified atom stereocenters. The van der Waals surface area contributed by atoms with E-state index >= 15 is 0 Å². The molecule has 72 heavy (non-hydrogen) atoms. The first-order chi connectivity index (χ1) is 35.3. The van der Waals surface area contributed by atoms with Gasteiger partial charge in [0, 0.05) is 13.1 Å². The number of ether oxygens (including phenoxy) is 8. The van der Waals surface area contributed by atoms with Crippen molar-refractivity contribution in [3.63, 3.8) is 0 Å². The minimum absolute atomic E-state index is 0.0935. The lowest BCUT2D eigenvalue weighted by Gasteiger charge is -2.46. The summed E-state index contributed by atoms with van der Waals surface area (Å²) < 4.78 is 52.0. The van der Waals surface area contributed by atoms with Crippen LogP contribution in [0.25, 0.3) is 0 Å². The van der Waals surface area contributed by atoms with Gasteiger partial charge in [-0.15, -0.1) is 0 Å². The Labute approximate surface area is 426 Å². The van der Waals surface area contributed by atoms with Crippen LogP contribution in [-0.2, 0) is 82.3 Å². The van der Waals surface area contributed by atoms with Crippen LogP contribution >= 0.6 is 0 Å². The molecule has 8 rings (SSSR count). The topological polar surface area (TPSA) is 115 Å². The van der Waals surface area contributed by atoms with Crippen LogP contribution in [0.2, 0.25) is 0 Å². The molecular formula is C61H72N2O9. The Balaban J connectivity index is 0.000000211. The fourth-order valence-electron chi connectivity index (χ4n) is 9.03. The molecule has 2 N–H and O–H groups in total. The molecule has 0 saturated carbocycles. The van der Waals surface area contributed by atoms with Crippen molar-refractivity contribution in [2.45, 2.75) is 115 Å². The smallest absolute Gasteiger partial charge is 0.161 e. The molecule has 0 radical (unpaired) electrons. The van der Waals surface area contributed by atoms with Gasteiger partial charge in [-0.05, 0) is 66.9 Å². The first-order valence-electron chi connectivity index (χ1n) is 25.0. The highest BCUT2D eigenvalue weighted by Crippen LogP contribution is 2.34. The molecule has 0 aromatic heterocycles. The first kappa shape index (κ1) is 54.1. The molecule has 2 saturated heterocycles. The van der Waals surface area contributed by atoms with Gasteiger partial charge in [-0.3, -0.25) is 4.79 Å². The summed E-state index contributed by atoms with van der Waals surface area (Å²) in [5, 5.41) is 6.44. The third-order valence-corrected chi connectivity index (χ3v) is 12.7. The summed E-state index contributed by atoms with van der Waals surface area (Å²) in [5.41, 5.74) is 7.31. The summed E-state index contributed by atoms with van der Waals surface area (Å²) in [6.07, 6.45) is -4.34. The molecule has 2 fully saturated rings. The molecule has 10 atom stereocenters. The van der Waals surface area contributed by atoms with E-state index in [1.54, 1.807) is 6.92 Å². The van der Waals surface area contributed by atoms with Crippen LogP contribution in [0.5, 0.6) is 0 Å². The van der Waals surface area contributed by atoms with Crippen molar-refractivity contribution in [2.75, 3.05) is 27.2 Å². The Kier molecular flexibility index (Phi) is 21.9. The molecule has 6 aromatic rings. The van der Waals surface area contributed by atoms with Gasteiger partial charge in [0.2, 0.25) is 0 Å².